The smallest absolute Gasteiger partial charge is 0.142 e. The SMILES string of the molecule is Cc1ccc2c(c1)NC(c1cccc(Cl)c1)CO2. The lowest BCUT2D eigenvalue weighted by Gasteiger charge is -2.28. The molecule has 0 bridgehead atoms. The van der Waals surface area contributed by atoms with Crippen molar-refractivity contribution in [1.82, 2.24) is 0 Å². The van der Waals surface area contributed by atoms with E-state index in [0.717, 1.165) is 22.0 Å². The summed E-state index contributed by atoms with van der Waals surface area (Å²) in [5, 5.41) is 4.25. The number of benzene rings is 2. The first kappa shape index (κ1) is 11.4. The lowest BCUT2D eigenvalue weighted by molar-refractivity contribution is 0.286. The number of hydrogen-bond donors (Lipinski definition) is 1. The van der Waals surface area contributed by atoms with Crippen LogP contribution in [0.1, 0.15) is 17.2 Å². The molecule has 0 radical (unpaired) electrons. The fourth-order valence-corrected chi connectivity index (χ4v) is 2.39. The lowest BCUT2D eigenvalue weighted by atomic mass is 10.1. The Morgan fingerprint density at radius 2 is 2.11 bits per heavy atom. The molecule has 0 aromatic heterocycles. The number of aryl methyl sites for hydroxylation is 1. The van der Waals surface area contributed by atoms with Gasteiger partial charge in [0.15, 0.2) is 0 Å². The molecule has 1 N–H and O–H groups in total. The quantitative estimate of drug-likeness (QED) is 0.829. The van der Waals surface area contributed by atoms with Gasteiger partial charge in [0.1, 0.15) is 12.4 Å². The first-order chi connectivity index (χ1) is 8.72. The van der Waals surface area contributed by atoms with Gasteiger partial charge in [-0.2, -0.15) is 0 Å². The van der Waals surface area contributed by atoms with Crippen LogP contribution in [0.15, 0.2) is 42.5 Å². The van der Waals surface area contributed by atoms with Crippen LogP contribution in [-0.4, -0.2) is 6.61 Å². The number of rotatable bonds is 1. The summed E-state index contributed by atoms with van der Waals surface area (Å²) in [6.45, 7) is 2.70. The van der Waals surface area contributed by atoms with E-state index in [-0.39, 0.29) is 6.04 Å². The van der Waals surface area contributed by atoms with Crippen LogP contribution in [0.5, 0.6) is 5.75 Å². The standard InChI is InChI=1S/C15H14ClNO/c1-10-5-6-15-13(7-10)17-14(9-18-15)11-3-2-4-12(16)8-11/h2-8,14,17H,9H2,1H3. The van der Waals surface area contributed by atoms with Crippen molar-refractivity contribution in [2.24, 2.45) is 0 Å². The average molecular weight is 260 g/mol. The van der Waals surface area contributed by atoms with E-state index in [0.29, 0.717) is 6.61 Å². The van der Waals surface area contributed by atoms with Crippen molar-refractivity contribution >= 4 is 17.3 Å². The molecule has 0 aliphatic carbocycles. The Balaban J connectivity index is 1.90. The van der Waals surface area contributed by atoms with Crippen LogP contribution in [0.25, 0.3) is 0 Å². The first-order valence-corrected chi connectivity index (χ1v) is 6.35. The molecule has 18 heavy (non-hydrogen) atoms. The maximum atomic E-state index is 6.02. The van der Waals surface area contributed by atoms with Crippen molar-refractivity contribution < 1.29 is 4.74 Å². The molecular formula is C15H14ClNO. The topological polar surface area (TPSA) is 21.3 Å². The molecule has 2 aromatic rings. The zero-order valence-electron chi connectivity index (χ0n) is 10.1. The summed E-state index contributed by atoms with van der Waals surface area (Å²) in [5.74, 6) is 0.916. The number of anilines is 1. The van der Waals surface area contributed by atoms with Crippen LogP contribution in [0.2, 0.25) is 5.02 Å². The van der Waals surface area contributed by atoms with Gasteiger partial charge < -0.3 is 10.1 Å². The minimum absolute atomic E-state index is 0.151. The van der Waals surface area contributed by atoms with Gasteiger partial charge in [-0.3, -0.25) is 0 Å². The highest BCUT2D eigenvalue weighted by molar-refractivity contribution is 6.30. The molecule has 1 heterocycles. The van der Waals surface area contributed by atoms with E-state index < -0.39 is 0 Å². The Hall–Kier alpha value is -1.67. The molecule has 1 atom stereocenters. The van der Waals surface area contributed by atoms with Crippen molar-refractivity contribution in [3.8, 4) is 5.75 Å². The zero-order valence-corrected chi connectivity index (χ0v) is 10.9. The Morgan fingerprint density at radius 1 is 1.22 bits per heavy atom. The maximum absolute atomic E-state index is 6.02. The van der Waals surface area contributed by atoms with E-state index in [1.807, 2.05) is 24.3 Å². The summed E-state index contributed by atoms with van der Waals surface area (Å²) >= 11 is 6.02. The molecular weight excluding hydrogens is 246 g/mol. The van der Waals surface area contributed by atoms with Gasteiger partial charge in [-0.05, 0) is 42.3 Å². The van der Waals surface area contributed by atoms with Gasteiger partial charge in [0.2, 0.25) is 0 Å². The van der Waals surface area contributed by atoms with Gasteiger partial charge in [0.05, 0.1) is 11.7 Å². The number of ether oxygens (including phenoxy) is 1. The Morgan fingerprint density at radius 3 is 2.94 bits per heavy atom. The summed E-state index contributed by atoms with van der Waals surface area (Å²) in [7, 11) is 0. The molecule has 3 heteroatoms. The fraction of sp³-hybridized carbons (Fsp3) is 0.200. The molecule has 1 aliphatic rings. The highest BCUT2D eigenvalue weighted by Crippen LogP contribution is 2.34. The Labute approximate surface area is 112 Å². The summed E-state index contributed by atoms with van der Waals surface area (Å²) < 4.78 is 5.78. The van der Waals surface area contributed by atoms with Crippen LogP contribution < -0.4 is 10.1 Å². The van der Waals surface area contributed by atoms with Gasteiger partial charge in [-0.15, -0.1) is 0 Å². The van der Waals surface area contributed by atoms with Crippen LogP contribution >= 0.6 is 11.6 Å². The van der Waals surface area contributed by atoms with Crippen molar-refractivity contribution in [2.45, 2.75) is 13.0 Å². The zero-order chi connectivity index (χ0) is 12.5. The third kappa shape index (κ3) is 2.16. The largest absolute Gasteiger partial charge is 0.489 e. The number of nitrogens with one attached hydrogen (secondary N) is 1. The van der Waals surface area contributed by atoms with E-state index in [1.54, 1.807) is 0 Å². The second-order valence-electron chi connectivity index (χ2n) is 4.56. The number of fused-ring (bicyclic) bond motifs is 1. The van der Waals surface area contributed by atoms with E-state index in [4.69, 9.17) is 16.3 Å². The van der Waals surface area contributed by atoms with Gasteiger partial charge in [-0.1, -0.05) is 29.8 Å². The monoisotopic (exact) mass is 259 g/mol. The second kappa shape index (κ2) is 4.54. The molecule has 1 unspecified atom stereocenters. The molecule has 0 spiro atoms. The highest BCUT2D eigenvalue weighted by atomic mass is 35.5. The number of hydrogen-bond acceptors (Lipinski definition) is 2. The van der Waals surface area contributed by atoms with Crippen LogP contribution in [0.3, 0.4) is 0 Å². The second-order valence-corrected chi connectivity index (χ2v) is 5.00. The fourth-order valence-electron chi connectivity index (χ4n) is 2.19. The van der Waals surface area contributed by atoms with Gasteiger partial charge in [0, 0.05) is 5.02 Å². The normalized spacial score (nSPS) is 17.6. The summed E-state index contributed by atoms with van der Waals surface area (Å²) in [6.07, 6.45) is 0. The molecule has 0 amide bonds. The molecule has 0 saturated carbocycles. The summed E-state index contributed by atoms with van der Waals surface area (Å²) in [4.78, 5) is 0. The highest BCUT2D eigenvalue weighted by Gasteiger charge is 2.20. The molecule has 92 valence electrons. The lowest BCUT2D eigenvalue weighted by Crippen LogP contribution is -2.23. The van der Waals surface area contributed by atoms with Gasteiger partial charge in [0.25, 0.3) is 0 Å². The minimum atomic E-state index is 0.151. The van der Waals surface area contributed by atoms with E-state index in [1.165, 1.54) is 5.56 Å². The average Bonchev–Trinajstić information content (AvgIpc) is 2.38. The maximum Gasteiger partial charge on any atom is 0.142 e. The van der Waals surface area contributed by atoms with E-state index >= 15 is 0 Å². The molecule has 0 fully saturated rings. The van der Waals surface area contributed by atoms with E-state index in [9.17, 15) is 0 Å². The van der Waals surface area contributed by atoms with Crippen molar-refractivity contribution in [3.63, 3.8) is 0 Å². The van der Waals surface area contributed by atoms with Crippen LogP contribution in [-0.2, 0) is 0 Å². The van der Waals surface area contributed by atoms with E-state index in [2.05, 4.69) is 30.4 Å². The predicted molar refractivity (Wildman–Crippen MR) is 74.5 cm³/mol. The number of halogens is 1. The van der Waals surface area contributed by atoms with Crippen molar-refractivity contribution in [3.05, 3.63) is 58.6 Å². The summed E-state index contributed by atoms with van der Waals surface area (Å²) in [6, 6.07) is 14.2. The third-order valence-corrected chi connectivity index (χ3v) is 3.36. The molecule has 2 aromatic carbocycles. The first-order valence-electron chi connectivity index (χ1n) is 5.98. The Kier molecular flexibility index (Phi) is 2.88. The predicted octanol–water partition coefficient (Wildman–Crippen LogP) is 4.19. The van der Waals surface area contributed by atoms with Crippen LogP contribution in [0, 0.1) is 6.92 Å². The Bertz CT molecular complexity index is 582. The third-order valence-electron chi connectivity index (χ3n) is 3.12. The van der Waals surface area contributed by atoms with Crippen LogP contribution in [0.4, 0.5) is 5.69 Å². The van der Waals surface area contributed by atoms with Crippen molar-refractivity contribution in [1.29, 1.82) is 0 Å². The molecule has 2 nitrogen and oxygen atoms in total. The van der Waals surface area contributed by atoms with Gasteiger partial charge >= 0.3 is 0 Å². The minimum Gasteiger partial charge on any atom is -0.489 e. The van der Waals surface area contributed by atoms with Gasteiger partial charge in [-0.25, -0.2) is 0 Å². The summed E-state index contributed by atoms with van der Waals surface area (Å²) in [5.41, 5.74) is 3.41. The molecule has 1 aliphatic heterocycles. The molecule has 0 saturated heterocycles. The molecule has 3 rings (SSSR count). The van der Waals surface area contributed by atoms with Crippen molar-refractivity contribution in [2.75, 3.05) is 11.9 Å².